The molecule has 0 aliphatic rings. The fourth-order valence-electron chi connectivity index (χ4n) is 2.18. The number of thiophene rings is 1. The Morgan fingerprint density at radius 2 is 2.25 bits per heavy atom. The number of aryl methyl sites for hydroxylation is 1. The Labute approximate surface area is 146 Å². The van der Waals surface area contributed by atoms with E-state index in [0.29, 0.717) is 0 Å². The fourth-order valence-corrected chi connectivity index (χ4v) is 4.11. The number of nitrogens with one attached hydrogen (secondary N) is 1. The minimum atomic E-state index is 0.207. The highest BCUT2D eigenvalue weighted by Gasteiger charge is 2.22. The first kappa shape index (κ1) is 16.5. The van der Waals surface area contributed by atoms with Gasteiger partial charge in [-0.2, -0.15) is 5.10 Å². The second-order valence-corrected chi connectivity index (χ2v) is 8.33. The highest BCUT2D eigenvalue weighted by molar-refractivity contribution is 14.1. The van der Waals surface area contributed by atoms with Gasteiger partial charge in [0.05, 0.1) is 25.3 Å². The number of nitrogens with zero attached hydrogens (tertiary/aromatic N) is 2. The molecular formula is C14H19BrIN3S. The van der Waals surface area contributed by atoms with E-state index in [4.69, 9.17) is 0 Å². The Morgan fingerprint density at radius 3 is 2.85 bits per heavy atom. The molecule has 0 aromatic carbocycles. The molecule has 20 heavy (non-hydrogen) atoms. The monoisotopic (exact) mass is 467 g/mol. The smallest absolute Gasteiger partial charge is 0.0768 e. The van der Waals surface area contributed by atoms with Crippen LogP contribution in [0.4, 0.5) is 0 Å². The molecule has 2 aromatic heterocycles. The van der Waals surface area contributed by atoms with Gasteiger partial charge >= 0.3 is 0 Å². The lowest BCUT2D eigenvalue weighted by Crippen LogP contribution is -2.26. The Bertz CT molecular complexity index is 552. The summed E-state index contributed by atoms with van der Waals surface area (Å²) in [6, 6.07) is 2.46. The van der Waals surface area contributed by atoms with E-state index in [0.717, 1.165) is 30.4 Å². The van der Waals surface area contributed by atoms with Gasteiger partial charge in [0.1, 0.15) is 0 Å². The molecule has 0 radical (unpaired) electrons. The van der Waals surface area contributed by atoms with Crippen LogP contribution in [0.2, 0.25) is 0 Å². The van der Waals surface area contributed by atoms with Crippen LogP contribution in [0.3, 0.4) is 0 Å². The lowest BCUT2D eigenvalue weighted by molar-refractivity contribution is 0.511. The van der Waals surface area contributed by atoms with Crippen LogP contribution < -0.4 is 5.32 Å². The number of aromatic nitrogens is 2. The third-order valence-corrected chi connectivity index (χ3v) is 5.48. The van der Waals surface area contributed by atoms with Gasteiger partial charge in [-0.25, -0.2) is 0 Å². The Hall–Kier alpha value is 0.0800. The average molecular weight is 468 g/mol. The SMILES string of the molecule is CCCNC(c1csc(I)c1)c1c(Br)cnn1CCC. The van der Waals surface area contributed by atoms with Crippen LogP contribution in [0, 0.1) is 2.88 Å². The third kappa shape index (κ3) is 3.84. The molecule has 2 aromatic rings. The summed E-state index contributed by atoms with van der Waals surface area (Å²) in [6.45, 7) is 6.33. The summed E-state index contributed by atoms with van der Waals surface area (Å²) in [6.07, 6.45) is 4.11. The molecule has 2 heterocycles. The number of halogens is 2. The summed E-state index contributed by atoms with van der Waals surface area (Å²) in [5.41, 5.74) is 2.56. The summed E-state index contributed by atoms with van der Waals surface area (Å²) in [7, 11) is 0. The lowest BCUT2D eigenvalue weighted by Gasteiger charge is -2.20. The standard InChI is InChI=1S/C14H19BrIN3S/c1-3-5-17-13(10-7-12(16)20-9-10)14-11(15)8-18-19(14)6-4-2/h7-9,13,17H,3-6H2,1-2H3. The molecule has 1 unspecified atom stereocenters. The van der Waals surface area contributed by atoms with Crippen LogP contribution in [-0.2, 0) is 6.54 Å². The van der Waals surface area contributed by atoms with Crippen LogP contribution in [0.25, 0.3) is 0 Å². The zero-order chi connectivity index (χ0) is 14.5. The van der Waals surface area contributed by atoms with Crippen molar-refractivity contribution in [3.8, 4) is 0 Å². The van der Waals surface area contributed by atoms with Crippen molar-refractivity contribution in [2.24, 2.45) is 0 Å². The highest BCUT2D eigenvalue weighted by atomic mass is 127. The molecule has 1 N–H and O–H groups in total. The van der Waals surface area contributed by atoms with Gasteiger partial charge in [0, 0.05) is 6.54 Å². The van der Waals surface area contributed by atoms with Gasteiger partial charge in [0.25, 0.3) is 0 Å². The maximum absolute atomic E-state index is 4.50. The van der Waals surface area contributed by atoms with Crippen LogP contribution in [0.15, 0.2) is 22.1 Å². The summed E-state index contributed by atoms with van der Waals surface area (Å²) in [5, 5.41) is 10.4. The van der Waals surface area contributed by atoms with E-state index in [2.05, 4.69) is 78.9 Å². The molecule has 0 saturated carbocycles. The maximum Gasteiger partial charge on any atom is 0.0768 e. The molecule has 0 saturated heterocycles. The largest absolute Gasteiger partial charge is 0.305 e. The Balaban J connectivity index is 2.37. The van der Waals surface area contributed by atoms with Gasteiger partial charge < -0.3 is 5.32 Å². The summed E-state index contributed by atoms with van der Waals surface area (Å²) >= 11 is 7.83. The predicted molar refractivity (Wildman–Crippen MR) is 97.4 cm³/mol. The number of hydrogen-bond acceptors (Lipinski definition) is 3. The maximum atomic E-state index is 4.50. The first-order chi connectivity index (χ1) is 9.67. The van der Waals surface area contributed by atoms with Gasteiger partial charge in [0.15, 0.2) is 0 Å². The molecule has 0 aliphatic carbocycles. The van der Waals surface area contributed by atoms with E-state index < -0.39 is 0 Å². The summed E-state index contributed by atoms with van der Waals surface area (Å²) < 4.78 is 4.52. The predicted octanol–water partition coefficient (Wildman–Crippen LogP) is 4.81. The van der Waals surface area contributed by atoms with E-state index in [1.54, 1.807) is 11.3 Å². The van der Waals surface area contributed by atoms with Crippen molar-refractivity contribution < 1.29 is 0 Å². The van der Waals surface area contributed by atoms with Gasteiger partial charge in [-0.15, -0.1) is 11.3 Å². The highest BCUT2D eigenvalue weighted by Crippen LogP contribution is 2.31. The molecule has 110 valence electrons. The molecule has 0 spiro atoms. The first-order valence-electron chi connectivity index (χ1n) is 6.85. The molecule has 0 bridgehead atoms. The third-order valence-electron chi connectivity index (χ3n) is 3.06. The van der Waals surface area contributed by atoms with E-state index >= 15 is 0 Å². The number of rotatable bonds is 7. The molecule has 1 atom stereocenters. The average Bonchev–Trinajstić information content (AvgIpc) is 3.00. The summed E-state index contributed by atoms with van der Waals surface area (Å²) in [4.78, 5) is 0. The van der Waals surface area contributed by atoms with E-state index in [9.17, 15) is 0 Å². The minimum absolute atomic E-state index is 0.207. The van der Waals surface area contributed by atoms with Crippen molar-refractivity contribution in [2.75, 3.05) is 6.54 Å². The van der Waals surface area contributed by atoms with Crippen molar-refractivity contribution in [1.29, 1.82) is 0 Å². The van der Waals surface area contributed by atoms with Gasteiger partial charge in [-0.3, -0.25) is 4.68 Å². The van der Waals surface area contributed by atoms with Crippen LogP contribution in [0.5, 0.6) is 0 Å². The molecular weight excluding hydrogens is 449 g/mol. The van der Waals surface area contributed by atoms with E-state index in [-0.39, 0.29) is 6.04 Å². The second kappa shape index (κ2) is 7.91. The lowest BCUT2D eigenvalue weighted by atomic mass is 10.1. The summed E-state index contributed by atoms with van der Waals surface area (Å²) in [5.74, 6) is 0. The topological polar surface area (TPSA) is 29.9 Å². The zero-order valence-electron chi connectivity index (χ0n) is 11.7. The van der Waals surface area contributed by atoms with Gasteiger partial charge in [-0.05, 0) is 74.9 Å². The molecule has 0 amide bonds. The van der Waals surface area contributed by atoms with Gasteiger partial charge in [0.2, 0.25) is 0 Å². The molecule has 0 fully saturated rings. The molecule has 0 aliphatic heterocycles. The van der Waals surface area contributed by atoms with E-state index in [1.807, 2.05) is 6.20 Å². The van der Waals surface area contributed by atoms with Crippen LogP contribution >= 0.6 is 49.9 Å². The fraction of sp³-hybridized carbons (Fsp3) is 0.500. The van der Waals surface area contributed by atoms with Crippen LogP contribution in [0.1, 0.15) is 44.0 Å². The normalized spacial score (nSPS) is 12.8. The van der Waals surface area contributed by atoms with E-state index in [1.165, 1.54) is 14.1 Å². The molecule has 2 rings (SSSR count). The minimum Gasteiger partial charge on any atom is -0.305 e. The first-order valence-corrected chi connectivity index (χ1v) is 9.61. The molecule has 3 nitrogen and oxygen atoms in total. The zero-order valence-corrected chi connectivity index (χ0v) is 16.3. The van der Waals surface area contributed by atoms with Crippen molar-refractivity contribution in [3.63, 3.8) is 0 Å². The van der Waals surface area contributed by atoms with Crippen molar-refractivity contribution in [2.45, 2.75) is 39.3 Å². The quantitative estimate of drug-likeness (QED) is 0.592. The van der Waals surface area contributed by atoms with Gasteiger partial charge in [-0.1, -0.05) is 13.8 Å². The second-order valence-electron chi connectivity index (χ2n) is 4.67. The van der Waals surface area contributed by atoms with Crippen molar-refractivity contribution in [3.05, 3.63) is 36.3 Å². The number of hydrogen-bond donors (Lipinski definition) is 1. The van der Waals surface area contributed by atoms with Crippen LogP contribution in [-0.4, -0.2) is 16.3 Å². The van der Waals surface area contributed by atoms with Crippen molar-refractivity contribution in [1.82, 2.24) is 15.1 Å². The molecule has 6 heteroatoms. The Kier molecular flexibility index (Phi) is 6.51. The Morgan fingerprint density at radius 1 is 1.45 bits per heavy atom. The van der Waals surface area contributed by atoms with Crippen molar-refractivity contribution >= 4 is 49.9 Å².